The van der Waals surface area contributed by atoms with Crippen molar-refractivity contribution in [1.82, 2.24) is 9.78 Å². The lowest BCUT2D eigenvalue weighted by Crippen LogP contribution is -2.23. The summed E-state index contributed by atoms with van der Waals surface area (Å²) in [6.07, 6.45) is -4.64. The summed E-state index contributed by atoms with van der Waals surface area (Å²) in [5.41, 5.74) is -1.16. The maximum atomic E-state index is 13.8. The number of hydrogen-bond donors (Lipinski definition) is 1. The molecule has 0 saturated carbocycles. The third kappa shape index (κ3) is 4.24. The minimum absolute atomic E-state index is 0.0809. The van der Waals surface area contributed by atoms with Gasteiger partial charge in [0.1, 0.15) is 17.2 Å². The number of benzene rings is 1. The van der Waals surface area contributed by atoms with Gasteiger partial charge < -0.3 is 10.1 Å². The zero-order chi connectivity index (χ0) is 18.1. The van der Waals surface area contributed by atoms with Crippen LogP contribution in [0.4, 0.5) is 23.4 Å². The molecule has 9 heteroatoms. The zero-order valence-corrected chi connectivity index (χ0v) is 13.1. The van der Waals surface area contributed by atoms with Crippen LogP contribution < -0.4 is 10.1 Å². The Labute approximate surface area is 135 Å². The van der Waals surface area contributed by atoms with Crippen molar-refractivity contribution in [3.63, 3.8) is 0 Å². The van der Waals surface area contributed by atoms with Gasteiger partial charge in [0.15, 0.2) is 5.82 Å². The molecule has 0 unspecified atom stereocenters. The van der Waals surface area contributed by atoms with Crippen LogP contribution in [-0.4, -0.2) is 21.8 Å². The Hall–Kier alpha value is -2.58. The van der Waals surface area contributed by atoms with E-state index in [0.717, 1.165) is 18.2 Å². The summed E-state index contributed by atoms with van der Waals surface area (Å²) >= 11 is 0. The van der Waals surface area contributed by atoms with Crippen LogP contribution in [0.2, 0.25) is 0 Å². The molecule has 0 bridgehead atoms. The van der Waals surface area contributed by atoms with Crippen molar-refractivity contribution in [2.24, 2.45) is 0 Å². The zero-order valence-electron chi connectivity index (χ0n) is 13.1. The number of nitrogens with one attached hydrogen (secondary N) is 1. The molecule has 0 atom stereocenters. The second-order valence-electron chi connectivity index (χ2n) is 5.95. The molecule has 1 N–H and O–H groups in total. The first-order valence-corrected chi connectivity index (χ1v) is 6.87. The molecule has 1 aromatic carbocycles. The normalized spacial score (nSPS) is 12.1. The van der Waals surface area contributed by atoms with Crippen LogP contribution >= 0.6 is 0 Å². The van der Waals surface area contributed by atoms with E-state index in [9.17, 15) is 22.4 Å². The van der Waals surface area contributed by atoms with E-state index in [1.807, 2.05) is 5.32 Å². The van der Waals surface area contributed by atoms with Crippen molar-refractivity contribution < 1.29 is 27.1 Å². The summed E-state index contributed by atoms with van der Waals surface area (Å²) in [5.74, 6) is -0.983. The highest BCUT2D eigenvalue weighted by atomic mass is 19.4. The second-order valence-corrected chi connectivity index (χ2v) is 5.95. The molecule has 24 heavy (non-hydrogen) atoms. The second kappa shape index (κ2) is 6.14. The fraction of sp³-hybridized carbons (Fsp3) is 0.333. The predicted molar refractivity (Wildman–Crippen MR) is 79.0 cm³/mol. The van der Waals surface area contributed by atoms with Crippen LogP contribution in [0.5, 0.6) is 5.75 Å². The monoisotopic (exact) mass is 345 g/mol. The fourth-order valence-electron chi connectivity index (χ4n) is 2.03. The number of rotatable bonds is 4. The van der Waals surface area contributed by atoms with Crippen molar-refractivity contribution in [2.75, 3.05) is 5.32 Å². The first-order chi connectivity index (χ1) is 11.0. The average Bonchev–Trinajstić information content (AvgIpc) is 2.80. The van der Waals surface area contributed by atoms with Gasteiger partial charge in [0.05, 0.1) is 5.69 Å². The topological polar surface area (TPSA) is 56.1 Å². The quantitative estimate of drug-likeness (QED) is 0.675. The van der Waals surface area contributed by atoms with Gasteiger partial charge in [-0.3, -0.25) is 4.79 Å². The van der Waals surface area contributed by atoms with Gasteiger partial charge in [-0.2, -0.15) is 4.68 Å². The van der Waals surface area contributed by atoms with Gasteiger partial charge in [0.25, 0.3) is 0 Å². The number of ether oxygens (including phenoxy) is 1. The van der Waals surface area contributed by atoms with Crippen LogP contribution in [0.1, 0.15) is 20.8 Å². The van der Waals surface area contributed by atoms with E-state index >= 15 is 0 Å². The number of carbonyl (C=O) groups excluding carboxylic acids is 1. The highest BCUT2D eigenvalue weighted by molar-refractivity contribution is 5.73. The van der Waals surface area contributed by atoms with E-state index in [2.05, 4.69) is 5.10 Å². The average molecular weight is 345 g/mol. The van der Waals surface area contributed by atoms with Crippen molar-refractivity contribution in [1.29, 1.82) is 0 Å². The van der Waals surface area contributed by atoms with Crippen LogP contribution in [0.15, 0.2) is 24.3 Å². The molecule has 1 heterocycles. The molecule has 2 aromatic rings. The lowest BCUT2D eigenvalue weighted by atomic mass is 10.1. The first kappa shape index (κ1) is 17.8. The highest BCUT2D eigenvalue weighted by Crippen LogP contribution is 2.34. The maximum Gasteiger partial charge on any atom is 0.505 e. The summed E-state index contributed by atoms with van der Waals surface area (Å²) in [5, 5.41) is 5.31. The number of anilines is 1. The fourth-order valence-corrected chi connectivity index (χ4v) is 2.03. The van der Waals surface area contributed by atoms with Crippen LogP contribution in [0, 0.1) is 5.82 Å². The van der Waals surface area contributed by atoms with E-state index in [-0.39, 0.29) is 28.2 Å². The Morgan fingerprint density at radius 2 is 1.83 bits per heavy atom. The Morgan fingerprint density at radius 1 is 1.17 bits per heavy atom. The maximum absolute atomic E-state index is 13.8. The molecule has 0 fully saturated rings. The van der Waals surface area contributed by atoms with Crippen LogP contribution in [-0.2, 0) is 11.1 Å². The van der Waals surface area contributed by atoms with Gasteiger partial charge in [0.2, 0.25) is 6.41 Å². The van der Waals surface area contributed by atoms with E-state index in [1.165, 1.54) is 6.07 Å². The molecule has 1 aromatic heterocycles. The molecule has 0 aliphatic rings. The number of carbonyl (C=O) groups is 1. The van der Waals surface area contributed by atoms with E-state index < -0.39 is 23.4 Å². The third-order valence-corrected chi connectivity index (χ3v) is 2.75. The minimum atomic E-state index is -4.84. The number of halogens is 4. The molecular formula is C15H15F4N3O2. The van der Waals surface area contributed by atoms with Gasteiger partial charge in [-0.1, -0.05) is 0 Å². The smallest absolute Gasteiger partial charge is 0.488 e. The van der Waals surface area contributed by atoms with Gasteiger partial charge in [-0.15, -0.1) is 18.3 Å². The number of aromatic nitrogens is 2. The van der Waals surface area contributed by atoms with Gasteiger partial charge in [0, 0.05) is 17.7 Å². The SMILES string of the molecule is CC(C)(C)Oc1cc(F)cc(-c2cc(NC=O)nn2C(F)(F)F)c1. The number of alkyl halides is 3. The molecule has 2 rings (SSSR count). The summed E-state index contributed by atoms with van der Waals surface area (Å²) in [6, 6.07) is 4.28. The molecular weight excluding hydrogens is 330 g/mol. The summed E-state index contributed by atoms with van der Waals surface area (Å²) < 4.78 is 58.4. The Bertz CT molecular complexity index is 748. The predicted octanol–water partition coefficient (Wildman–Crippen LogP) is 3.91. The molecule has 0 radical (unpaired) electrons. The summed E-state index contributed by atoms with van der Waals surface area (Å²) in [7, 11) is 0. The lowest BCUT2D eigenvalue weighted by molar-refractivity contribution is -0.210. The highest BCUT2D eigenvalue weighted by Gasteiger charge is 2.35. The van der Waals surface area contributed by atoms with Gasteiger partial charge in [-0.25, -0.2) is 4.39 Å². The Morgan fingerprint density at radius 3 is 2.38 bits per heavy atom. The van der Waals surface area contributed by atoms with Crippen molar-refractivity contribution in [2.45, 2.75) is 32.7 Å². The van der Waals surface area contributed by atoms with Gasteiger partial charge in [-0.05, 0) is 32.9 Å². The Kier molecular flexibility index (Phi) is 4.54. The third-order valence-electron chi connectivity index (χ3n) is 2.75. The van der Waals surface area contributed by atoms with Crippen molar-refractivity contribution in [3.05, 3.63) is 30.1 Å². The Balaban J connectivity index is 2.56. The van der Waals surface area contributed by atoms with Crippen LogP contribution in [0.3, 0.4) is 0 Å². The number of hydrogen-bond acceptors (Lipinski definition) is 3. The van der Waals surface area contributed by atoms with Crippen molar-refractivity contribution in [3.8, 4) is 17.0 Å². The summed E-state index contributed by atoms with van der Waals surface area (Å²) in [6.45, 7) is 5.18. The first-order valence-electron chi connectivity index (χ1n) is 6.87. The van der Waals surface area contributed by atoms with Crippen molar-refractivity contribution >= 4 is 12.2 Å². The number of nitrogens with zero attached hydrogens (tertiary/aromatic N) is 2. The van der Waals surface area contributed by atoms with Crippen LogP contribution in [0.25, 0.3) is 11.3 Å². The summed E-state index contributed by atoms with van der Waals surface area (Å²) in [4.78, 5) is 10.4. The molecule has 0 spiro atoms. The standard InChI is InChI=1S/C15H15F4N3O2/c1-14(2,3)24-11-5-9(4-10(16)6-11)12-7-13(20-8-23)21-22(12)15(17,18)19/h4-8H,1-3H3,(H,20,21,23). The lowest BCUT2D eigenvalue weighted by Gasteiger charge is -2.22. The molecule has 0 aliphatic heterocycles. The minimum Gasteiger partial charge on any atom is -0.488 e. The molecule has 130 valence electrons. The van der Waals surface area contributed by atoms with E-state index in [1.54, 1.807) is 20.8 Å². The molecule has 0 saturated heterocycles. The molecule has 1 amide bonds. The number of amides is 1. The molecule has 0 aliphatic carbocycles. The van der Waals surface area contributed by atoms with Gasteiger partial charge >= 0.3 is 6.30 Å². The molecule has 5 nitrogen and oxygen atoms in total. The van der Waals surface area contributed by atoms with E-state index in [4.69, 9.17) is 4.74 Å². The largest absolute Gasteiger partial charge is 0.505 e. The van der Waals surface area contributed by atoms with E-state index in [0.29, 0.717) is 0 Å².